The van der Waals surface area contributed by atoms with Crippen molar-refractivity contribution in [1.82, 2.24) is 0 Å². The minimum Gasteiger partial charge on any atom is -0.393 e. The zero-order valence-corrected chi connectivity index (χ0v) is 8.97. The average molecular weight is 184 g/mol. The molecule has 78 valence electrons. The Kier molecular flexibility index (Phi) is 5.45. The van der Waals surface area contributed by atoms with Crippen LogP contribution in [0.25, 0.3) is 0 Å². The highest BCUT2D eigenvalue weighted by molar-refractivity contribution is 4.69. The maximum absolute atomic E-state index is 9.89. The number of aliphatic hydroxyl groups is 1. The highest BCUT2D eigenvalue weighted by Crippen LogP contribution is 2.23. The van der Waals surface area contributed by atoms with Crippen LogP contribution < -0.4 is 0 Å². The zero-order chi connectivity index (χ0) is 9.52. The monoisotopic (exact) mass is 184 g/mol. The lowest BCUT2D eigenvalue weighted by atomic mass is 9.88. The third-order valence-electron chi connectivity index (χ3n) is 3.39. The van der Waals surface area contributed by atoms with Gasteiger partial charge in [-0.15, -0.1) is 0 Å². The molecule has 0 amide bonds. The van der Waals surface area contributed by atoms with Crippen molar-refractivity contribution in [3.05, 3.63) is 0 Å². The zero-order valence-electron chi connectivity index (χ0n) is 8.97. The van der Waals surface area contributed by atoms with Crippen molar-refractivity contribution in [2.24, 2.45) is 5.92 Å². The van der Waals surface area contributed by atoms with Crippen molar-refractivity contribution in [3.63, 3.8) is 0 Å². The second kappa shape index (κ2) is 6.42. The molecule has 1 fully saturated rings. The van der Waals surface area contributed by atoms with Gasteiger partial charge < -0.3 is 5.11 Å². The van der Waals surface area contributed by atoms with Crippen LogP contribution in [0.4, 0.5) is 0 Å². The lowest BCUT2D eigenvalue weighted by Crippen LogP contribution is -2.20. The Labute approximate surface area is 82.5 Å². The van der Waals surface area contributed by atoms with Crippen LogP contribution in [0.1, 0.15) is 64.7 Å². The Bertz CT molecular complexity index is 122. The third kappa shape index (κ3) is 4.12. The molecule has 1 N–H and O–H groups in total. The number of aliphatic hydroxyl groups excluding tert-OH is 1. The molecule has 0 spiro atoms. The van der Waals surface area contributed by atoms with E-state index < -0.39 is 0 Å². The first kappa shape index (κ1) is 11.0. The highest BCUT2D eigenvalue weighted by Gasteiger charge is 2.17. The van der Waals surface area contributed by atoms with Crippen LogP contribution in [-0.2, 0) is 0 Å². The average Bonchev–Trinajstić information content (AvgIpc) is 2.16. The lowest BCUT2D eigenvalue weighted by molar-refractivity contribution is 0.0856. The molecule has 1 aliphatic carbocycles. The molecule has 2 atom stereocenters. The summed E-state index contributed by atoms with van der Waals surface area (Å²) in [6.45, 7) is 2.21. The van der Waals surface area contributed by atoms with E-state index in [0.717, 1.165) is 12.8 Å². The van der Waals surface area contributed by atoms with Gasteiger partial charge >= 0.3 is 0 Å². The van der Waals surface area contributed by atoms with Crippen LogP contribution in [0.15, 0.2) is 0 Å². The first-order valence-corrected chi connectivity index (χ1v) is 6.02. The quantitative estimate of drug-likeness (QED) is 0.661. The van der Waals surface area contributed by atoms with Gasteiger partial charge in [-0.25, -0.2) is 0 Å². The first-order chi connectivity index (χ1) is 6.34. The molecule has 0 heterocycles. The summed E-state index contributed by atoms with van der Waals surface area (Å²) < 4.78 is 0. The summed E-state index contributed by atoms with van der Waals surface area (Å²) in [5.41, 5.74) is 0. The van der Waals surface area contributed by atoms with E-state index in [0.29, 0.717) is 5.92 Å². The molecular weight excluding hydrogens is 160 g/mol. The first-order valence-electron chi connectivity index (χ1n) is 6.02. The van der Waals surface area contributed by atoms with Crippen molar-refractivity contribution in [3.8, 4) is 0 Å². The minimum atomic E-state index is -0.0110. The molecule has 0 aromatic rings. The SMILES string of the molecule is CC[C@H]1CCCCCCCC[C@@H]1O. The van der Waals surface area contributed by atoms with E-state index in [1.807, 2.05) is 0 Å². The number of hydrogen-bond donors (Lipinski definition) is 1. The topological polar surface area (TPSA) is 20.2 Å². The van der Waals surface area contributed by atoms with Gasteiger partial charge in [-0.2, -0.15) is 0 Å². The fraction of sp³-hybridized carbons (Fsp3) is 1.00. The van der Waals surface area contributed by atoms with Crippen molar-refractivity contribution >= 4 is 0 Å². The molecule has 1 aliphatic rings. The summed E-state index contributed by atoms with van der Waals surface area (Å²) in [6, 6.07) is 0. The maximum atomic E-state index is 9.89. The van der Waals surface area contributed by atoms with Crippen LogP contribution in [0.3, 0.4) is 0 Å². The van der Waals surface area contributed by atoms with E-state index >= 15 is 0 Å². The summed E-state index contributed by atoms with van der Waals surface area (Å²) in [4.78, 5) is 0. The van der Waals surface area contributed by atoms with Gasteiger partial charge in [0.2, 0.25) is 0 Å². The predicted octanol–water partition coefficient (Wildman–Crippen LogP) is 3.51. The maximum Gasteiger partial charge on any atom is 0.0568 e. The Morgan fingerprint density at radius 1 is 0.923 bits per heavy atom. The van der Waals surface area contributed by atoms with Gasteiger partial charge in [0.15, 0.2) is 0 Å². The fourth-order valence-corrected chi connectivity index (χ4v) is 2.37. The van der Waals surface area contributed by atoms with Crippen LogP contribution >= 0.6 is 0 Å². The molecule has 0 saturated heterocycles. The fourth-order valence-electron chi connectivity index (χ4n) is 2.37. The largest absolute Gasteiger partial charge is 0.393 e. The molecule has 1 heteroatoms. The standard InChI is InChI=1S/C12H24O/c1-2-11-9-7-5-3-4-6-8-10-12(11)13/h11-13H,2-10H2,1H3/t11-,12-/m0/s1. The summed E-state index contributed by atoms with van der Waals surface area (Å²) in [5.74, 6) is 0.582. The lowest BCUT2D eigenvalue weighted by Gasteiger charge is -2.22. The van der Waals surface area contributed by atoms with Gasteiger partial charge in [0, 0.05) is 0 Å². The molecule has 0 radical (unpaired) electrons. The Balaban J connectivity index is 2.32. The van der Waals surface area contributed by atoms with E-state index in [1.54, 1.807) is 0 Å². The molecule has 0 bridgehead atoms. The summed E-state index contributed by atoms with van der Waals surface area (Å²) in [7, 11) is 0. The highest BCUT2D eigenvalue weighted by atomic mass is 16.3. The molecule has 1 nitrogen and oxygen atoms in total. The Morgan fingerprint density at radius 3 is 2.08 bits per heavy atom. The third-order valence-corrected chi connectivity index (χ3v) is 3.39. The van der Waals surface area contributed by atoms with Crippen LogP contribution in [-0.4, -0.2) is 11.2 Å². The van der Waals surface area contributed by atoms with E-state index in [9.17, 15) is 5.11 Å². The van der Waals surface area contributed by atoms with Crippen molar-refractivity contribution in [1.29, 1.82) is 0 Å². The van der Waals surface area contributed by atoms with Gasteiger partial charge in [0.25, 0.3) is 0 Å². The predicted molar refractivity (Wildman–Crippen MR) is 56.7 cm³/mol. The van der Waals surface area contributed by atoms with E-state index in [4.69, 9.17) is 0 Å². The van der Waals surface area contributed by atoms with Crippen molar-refractivity contribution in [2.75, 3.05) is 0 Å². The van der Waals surface area contributed by atoms with Gasteiger partial charge in [0.1, 0.15) is 0 Å². The summed E-state index contributed by atoms with van der Waals surface area (Å²) >= 11 is 0. The number of rotatable bonds is 1. The molecule has 0 aromatic carbocycles. The minimum absolute atomic E-state index is 0.0110. The van der Waals surface area contributed by atoms with Crippen molar-refractivity contribution < 1.29 is 5.11 Å². The van der Waals surface area contributed by atoms with Gasteiger partial charge in [-0.05, 0) is 18.8 Å². The number of hydrogen-bond acceptors (Lipinski definition) is 1. The van der Waals surface area contributed by atoms with Crippen LogP contribution in [0.2, 0.25) is 0 Å². The van der Waals surface area contributed by atoms with E-state index in [-0.39, 0.29) is 6.10 Å². The van der Waals surface area contributed by atoms with E-state index in [1.165, 1.54) is 44.9 Å². The van der Waals surface area contributed by atoms with Crippen LogP contribution in [0, 0.1) is 5.92 Å². The van der Waals surface area contributed by atoms with Gasteiger partial charge in [-0.1, -0.05) is 51.9 Å². The molecular formula is C12H24O. The van der Waals surface area contributed by atoms with Crippen LogP contribution in [0.5, 0.6) is 0 Å². The smallest absolute Gasteiger partial charge is 0.0568 e. The second-order valence-corrected chi connectivity index (χ2v) is 4.43. The Hall–Kier alpha value is -0.0400. The molecule has 13 heavy (non-hydrogen) atoms. The Morgan fingerprint density at radius 2 is 1.46 bits per heavy atom. The molecule has 0 unspecified atom stereocenters. The molecule has 1 rings (SSSR count). The molecule has 1 saturated carbocycles. The molecule has 0 aromatic heterocycles. The van der Waals surface area contributed by atoms with Gasteiger partial charge in [-0.3, -0.25) is 0 Å². The van der Waals surface area contributed by atoms with E-state index in [2.05, 4.69) is 6.92 Å². The van der Waals surface area contributed by atoms with Gasteiger partial charge in [0.05, 0.1) is 6.10 Å². The van der Waals surface area contributed by atoms with Crippen molar-refractivity contribution in [2.45, 2.75) is 70.8 Å². The summed E-state index contributed by atoms with van der Waals surface area (Å²) in [5, 5.41) is 9.89. The normalized spacial score (nSPS) is 32.8. The molecule has 0 aliphatic heterocycles. The summed E-state index contributed by atoms with van der Waals surface area (Å²) in [6.07, 6.45) is 11.5. The second-order valence-electron chi connectivity index (χ2n) is 4.43.